The summed E-state index contributed by atoms with van der Waals surface area (Å²) in [6.45, 7) is 7.80. The number of nitrogens with one attached hydrogen (secondary N) is 1. The first-order valence-electron chi connectivity index (χ1n) is 7.79. The topological polar surface area (TPSA) is 29.9 Å². The van der Waals surface area contributed by atoms with Gasteiger partial charge in [-0.3, -0.25) is 4.68 Å². The van der Waals surface area contributed by atoms with Gasteiger partial charge in [0.1, 0.15) is 0 Å². The third-order valence-corrected chi connectivity index (χ3v) is 4.15. The fourth-order valence-corrected chi connectivity index (χ4v) is 2.85. The Morgan fingerprint density at radius 3 is 2.70 bits per heavy atom. The van der Waals surface area contributed by atoms with Crippen molar-refractivity contribution in [3.05, 3.63) is 30.0 Å². The average molecular weight is 273 g/mol. The standard InChI is InChI=1S/C17H27N3/c1-5-13(3)11-14(18-6-2)12-16-15-9-7-8-10-17(15)20(4)19-16/h7-10,13-14,18H,5-6,11-12H2,1-4H3. The van der Waals surface area contributed by atoms with Gasteiger partial charge in [-0.25, -0.2) is 0 Å². The van der Waals surface area contributed by atoms with Crippen LogP contribution in [0.5, 0.6) is 0 Å². The lowest BCUT2D eigenvalue weighted by atomic mass is 9.95. The Labute approximate surface area is 122 Å². The SMILES string of the molecule is CCNC(Cc1nn(C)c2ccccc12)CC(C)CC. The summed E-state index contributed by atoms with van der Waals surface area (Å²) in [4.78, 5) is 0. The summed E-state index contributed by atoms with van der Waals surface area (Å²) in [6.07, 6.45) is 3.47. The van der Waals surface area contributed by atoms with E-state index >= 15 is 0 Å². The second-order valence-corrected chi connectivity index (χ2v) is 5.80. The van der Waals surface area contributed by atoms with Crippen LogP contribution in [0.2, 0.25) is 0 Å². The first-order valence-corrected chi connectivity index (χ1v) is 7.79. The highest BCUT2D eigenvalue weighted by atomic mass is 15.3. The van der Waals surface area contributed by atoms with Crippen LogP contribution in [-0.4, -0.2) is 22.4 Å². The van der Waals surface area contributed by atoms with Crippen molar-refractivity contribution in [1.29, 1.82) is 0 Å². The molecule has 0 spiro atoms. The summed E-state index contributed by atoms with van der Waals surface area (Å²) in [5.74, 6) is 0.758. The summed E-state index contributed by atoms with van der Waals surface area (Å²) in [5, 5.41) is 9.64. The van der Waals surface area contributed by atoms with Crippen LogP contribution in [0.15, 0.2) is 24.3 Å². The molecular formula is C17H27N3. The number of para-hydroxylation sites is 1. The molecule has 0 bridgehead atoms. The molecule has 20 heavy (non-hydrogen) atoms. The van der Waals surface area contributed by atoms with Crippen LogP contribution in [-0.2, 0) is 13.5 Å². The lowest BCUT2D eigenvalue weighted by molar-refractivity contribution is 0.395. The molecule has 1 N–H and O–H groups in total. The number of rotatable bonds is 7. The number of aryl methyl sites for hydroxylation is 1. The molecule has 1 aromatic heterocycles. The highest BCUT2D eigenvalue weighted by molar-refractivity contribution is 5.81. The van der Waals surface area contributed by atoms with Crippen LogP contribution in [0.4, 0.5) is 0 Å². The van der Waals surface area contributed by atoms with Crippen molar-refractivity contribution < 1.29 is 0 Å². The fraction of sp³-hybridized carbons (Fsp3) is 0.588. The zero-order valence-corrected chi connectivity index (χ0v) is 13.2. The molecule has 0 aliphatic carbocycles. The van der Waals surface area contributed by atoms with Crippen LogP contribution < -0.4 is 5.32 Å². The average Bonchev–Trinajstić information content (AvgIpc) is 2.76. The number of nitrogens with zero attached hydrogens (tertiary/aromatic N) is 2. The van der Waals surface area contributed by atoms with Crippen molar-refractivity contribution in [2.75, 3.05) is 6.54 Å². The number of aromatic nitrogens is 2. The Morgan fingerprint density at radius 2 is 2.00 bits per heavy atom. The monoisotopic (exact) mass is 273 g/mol. The van der Waals surface area contributed by atoms with Crippen molar-refractivity contribution in [1.82, 2.24) is 15.1 Å². The maximum absolute atomic E-state index is 4.72. The second-order valence-electron chi connectivity index (χ2n) is 5.80. The van der Waals surface area contributed by atoms with Crippen molar-refractivity contribution in [2.24, 2.45) is 13.0 Å². The number of hydrogen-bond donors (Lipinski definition) is 1. The summed E-state index contributed by atoms with van der Waals surface area (Å²) >= 11 is 0. The zero-order chi connectivity index (χ0) is 14.5. The van der Waals surface area contributed by atoms with E-state index in [4.69, 9.17) is 5.10 Å². The third-order valence-electron chi connectivity index (χ3n) is 4.15. The van der Waals surface area contributed by atoms with E-state index in [1.165, 1.54) is 29.4 Å². The maximum Gasteiger partial charge on any atom is 0.0718 e. The molecule has 110 valence electrons. The van der Waals surface area contributed by atoms with Crippen LogP contribution in [0.25, 0.3) is 10.9 Å². The Bertz CT molecular complexity index is 544. The lowest BCUT2D eigenvalue weighted by Crippen LogP contribution is -2.32. The molecule has 0 radical (unpaired) electrons. The molecule has 3 nitrogen and oxygen atoms in total. The molecule has 0 amide bonds. The third kappa shape index (κ3) is 3.40. The van der Waals surface area contributed by atoms with Gasteiger partial charge in [-0.05, 0) is 24.9 Å². The van der Waals surface area contributed by atoms with Crippen molar-refractivity contribution in [2.45, 2.75) is 46.1 Å². The van der Waals surface area contributed by atoms with E-state index in [9.17, 15) is 0 Å². The van der Waals surface area contributed by atoms with Gasteiger partial charge in [0.15, 0.2) is 0 Å². The Morgan fingerprint density at radius 1 is 1.25 bits per heavy atom. The van der Waals surface area contributed by atoms with E-state index in [1.54, 1.807) is 0 Å². The zero-order valence-electron chi connectivity index (χ0n) is 13.2. The van der Waals surface area contributed by atoms with E-state index in [-0.39, 0.29) is 0 Å². The van der Waals surface area contributed by atoms with Gasteiger partial charge in [0, 0.05) is 24.9 Å². The fourth-order valence-electron chi connectivity index (χ4n) is 2.85. The normalized spacial score (nSPS) is 14.6. The number of benzene rings is 1. The maximum atomic E-state index is 4.72. The van der Waals surface area contributed by atoms with Gasteiger partial charge >= 0.3 is 0 Å². The van der Waals surface area contributed by atoms with Gasteiger partial charge in [-0.2, -0.15) is 5.10 Å². The van der Waals surface area contributed by atoms with Gasteiger partial charge in [0.2, 0.25) is 0 Å². The Balaban J connectivity index is 2.19. The van der Waals surface area contributed by atoms with Gasteiger partial charge in [-0.1, -0.05) is 45.4 Å². The quantitative estimate of drug-likeness (QED) is 0.836. The smallest absolute Gasteiger partial charge is 0.0718 e. The molecule has 0 aliphatic heterocycles. The largest absolute Gasteiger partial charge is 0.314 e. The Kier molecular flexibility index (Phi) is 5.18. The van der Waals surface area contributed by atoms with Crippen molar-refractivity contribution in [3.8, 4) is 0 Å². The van der Waals surface area contributed by atoms with E-state index in [1.807, 2.05) is 11.7 Å². The first-order chi connectivity index (χ1) is 9.65. The van der Waals surface area contributed by atoms with E-state index in [0.29, 0.717) is 6.04 Å². The predicted molar refractivity (Wildman–Crippen MR) is 86.0 cm³/mol. The van der Waals surface area contributed by atoms with Crippen molar-refractivity contribution in [3.63, 3.8) is 0 Å². The number of hydrogen-bond acceptors (Lipinski definition) is 2. The van der Waals surface area contributed by atoms with Crippen LogP contribution in [0, 0.1) is 5.92 Å². The van der Waals surface area contributed by atoms with Crippen LogP contribution in [0.1, 0.15) is 39.3 Å². The summed E-state index contributed by atoms with van der Waals surface area (Å²) in [5.41, 5.74) is 2.44. The molecule has 2 unspecified atom stereocenters. The summed E-state index contributed by atoms with van der Waals surface area (Å²) < 4.78 is 2.00. The van der Waals surface area contributed by atoms with Gasteiger partial charge in [0.25, 0.3) is 0 Å². The van der Waals surface area contributed by atoms with Crippen LogP contribution >= 0.6 is 0 Å². The van der Waals surface area contributed by atoms with E-state index in [0.717, 1.165) is 18.9 Å². The lowest BCUT2D eigenvalue weighted by Gasteiger charge is -2.20. The predicted octanol–water partition coefficient (Wildman–Crippen LogP) is 3.53. The number of likely N-dealkylation sites (N-methyl/N-ethyl adjacent to an activating group) is 1. The number of fused-ring (bicyclic) bond motifs is 1. The van der Waals surface area contributed by atoms with Crippen LogP contribution in [0.3, 0.4) is 0 Å². The molecular weight excluding hydrogens is 246 g/mol. The minimum Gasteiger partial charge on any atom is -0.314 e. The van der Waals surface area contributed by atoms with Crippen molar-refractivity contribution >= 4 is 10.9 Å². The minimum atomic E-state index is 0.522. The summed E-state index contributed by atoms with van der Waals surface area (Å²) in [6, 6.07) is 9.03. The molecule has 2 aromatic rings. The second kappa shape index (κ2) is 6.89. The molecule has 0 aliphatic rings. The minimum absolute atomic E-state index is 0.522. The van der Waals surface area contributed by atoms with Gasteiger partial charge in [-0.15, -0.1) is 0 Å². The first kappa shape index (κ1) is 15.0. The highest BCUT2D eigenvalue weighted by Gasteiger charge is 2.16. The Hall–Kier alpha value is -1.35. The molecule has 1 aromatic carbocycles. The van der Waals surface area contributed by atoms with Gasteiger partial charge in [0.05, 0.1) is 11.2 Å². The molecule has 0 saturated heterocycles. The van der Waals surface area contributed by atoms with Gasteiger partial charge < -0.3 is 5.32 Å². The highest BCUT2D eigenvalue weighted by Crippen LogP contribution is 2.21. The molecule has 1 heterocycles. The van der Waals surface area contributed by atoms with E-state index in [2.05, 4.69) is 50.4 Å². The molecule has 0 saturated carbocycles. The van der Waals surface area contributed by atoms with E-state index < -0.39 is 0 Å². The summed E-state index contributed by atoms with van der Waals surface area (Å²) in [7, 11) is 2.03. The molecule has 2 rings (SSSR count). The molecule has 0 fully saturated rings. The molecule has 3 heteroatoms. The molecule has 2 atom stereocenters.